The number of carboxylic acid groups (broad SMARTS) is 1. The Kier molecular flexibility index (Phi) is 4.90. The molecule has 12 heteroatoms. The third-order valence-electron chi connectivity index (χ3n) is 4.88. The summed E-state index contributed by atoms with van der Waals surface area (Å²) in [6.07, 6.45) is -0.427. The number of anilines is 1. The Bertz CT molecular complexity index is 849. The molecule has 146 valence electrons. The normalized spacial score (nSPS) is 33.7. The Labute approximate surface area is 157 Å². The minimum atomic E-state index is -1.15. The molecule has 0 amide bonds. The summed E-state index contributed by atoms with van der Waals surface area (Å²) in [5.74, 6) is -0.212. The van der Waals surface area contributed by atoms with Crippen molar-refractivity contribution >= 4 is 34.7 Å². The Morgan fingerprint density at radius 3 is 2.93 bits per heavy atom. The van der Waals surface area contributed by atoms with Gasteiger partial charge in [-0.2, -0.15) is 11.8 Å². The van der Waals surface area contributed by atoms with Gasteiger partial charge in [-0.25, -0.2) is 15.0 Å². The monoisotopic (exact) mass is 396 g/mol. The third-order valence-corrected chi connectivity index (χ3v) is 6.23. The van der Waals surface area contributed by atoms with Gasteiger partial charge in [-0.3, -0.25) is 9.36 Å². The number of carbonyl (C=O) groups is 1. The van der Waals surface area contributed by atoms with Crippen molar-refractivity contribution in [1.82, 2.24) is 24.8 Å². The molecule has 4 rings (SSSR count). The van der Waals surface area contributed by atoms with Gasteiger partial charge in [0.15, 0.2) is 17.7 Å². The summed E-state index contributed by atoms with van der Waals surface area (Å²) in [5, 5.41) is 32.9. The maximum absolute atomic E-state index is 11.0. The van der Waals surface area contributed by atoms with Crippen LogP contribution < -0.4 is 11.1 Å². The van der Waals surface area contributed by atoms with E-state index in [4.69, 9.17) is 15.6 Å². The first kappa shape index (κ1) is 18.4. The number of nitrogens with two attached hydrogens (primary N) is 1. The molecular formula is C15H20N6O5S. The minimum absolute atomic E-state index is 0.111. The Hall–Kier alpha value is -1.99. The number of aliphatic carboxylic acids is 1. The van der Waals surface area contributed by atoms with Crippen molar-refractivity contribution in [2.24, 2.45) is 0 Å². The lowest BCUT2D eigenvalue weighted by molar-refractivity contribution is -0.139. The molecule has 2 fully saturated rings. The van der Waals surface area contributed by atoms with Gasteiger partial charge in [0.2, 0.25) is 0 Å². The number of rotatable bonds is 5. The molecule has 0 spiro atoms. The van der Waals surface area contributed by atoms with Crippen molar-refractivity contribution in [3.05, 3.63) is 12.7 Å². The van der Waals surface area contributed by atoms with Crippen molar-refractivity contribution in [3.63, 3.8) is 0 Å². The van der Waals surface area contributed by atoms with Crippen molar-refractivity contribution in [1.29, 1.82) is 0 Å². The summed E-state index contributed by atoms with van der Waals surface area (Å²) in [7, 11) is 0. The topological polar surface area (TPSA) is 169 Å². The summed E-state index contributed by atoms with van der Waals surface area (Å²) in [6, 6.07) is -0.544. The molecule has 27 heavy (non-hydrogen) atoms. The molecule has 0 saturated carbocycles. The van der Waals surface area contributed by atoms with Crippen LogP contribution in [0.2, 0.25) is 0 Å². The summed E-state index contributed by atoms with van der Waals surface area (Å²) >= 11 is 1.52. The Morgan fingerprint density at radius 2 is 2.19 bits per heavy atom. The van der Waals surface area contributed by atoms with E-state index in [9.17, 15) is 15.0 Å². The molecular weight excluding hydrogens is 376 g/mol. The van der Waals surface area contributed by atoms with E-state index in [1.807, 2.05) is 0 Å². The number of nitrogens with one attached hydrogen (secondary N) is 1. The summed E-state index contributed by atoms with van der Waals surface area (Å²) in [5.41, 5.74) is 6.59. The van der Waals surface area contributed by atoms with Crippen LogP contribution in [-0.2, 0) is 9.53 Å². The molecule has 0 aliphatic carbocycles. The van der Waals surface area contributed by atoms with Gasteiger partial charge >= 0.3 is 5.97 Å². The number of ether oxygens (including phenoxy) is 1. The first-order valence-electron chi connectivity index (χ1n) is 8.48. The van der Waals surface area contributed by atoms with Gasteiger partial charge in [0.05, 0.1) is 12.4 Å². The predicted molar refractivity (Wildman–Crippen MR) is 95.9 cm³/mol. The summed E-state index contributed by atoms with van der Waals surface area (Å²) < 4.78 is 7.41. The lowest BCUT2D eigenvalue weighted by atomic mass is 10.1. The van der Waals surface area contributed by atoms with Crippen LogP contribution in [0.3, 0.4) is 0 Å². The van der Waals surface area contributed by atoms with E-state index in [1.165, 1.54) is 29.0 Å². The molecule has 11 nitrogen and oxygen atoms in total. The van der Waals surface area contributed by atoms with Gasteiger partial charge in [-0.05, 0) is 6.42 Å². The molecule has 0 bridgehead atoms. The molecule has 2 aliphatic heterocycles. The highest BCUT2D eigenvalue weighted by atomic mass is 32.2. The molecule has 2 aromatic rings. The first-order valence-corrected chi connectivity index (χ1v) is 9.53. The van der Waals surface area contributed by atoms with Crippen molar-refractivity contribution in [2.45, 2.75) is 42.3 Å². The summed E-state index contributed by atoms with van der Waals surface area (Å²) in [6.45, 7) is 0.582. The van der Waals surface area contributed by atoms with Crippen LogP contribution in [0.15, 0.2) is 12.7 Å². The largest absolute Gasteiger partial charge is 0.480 e. The second-order valence-corrected chi connectivity index (χ2v) is 7.95. The van der Waals surface area contributed by atoms with E-state index in [1.54, 1.807) is 0 Å². The number of aliphatic hydroxyl groups is 2. The SMILES string of the molecule is Nc1ncnc2c1ncn2[C@@H]1O[C@H](CS[C@H]2CN[C@H](C(=O)O)C2)[C@@H](O)[C@H]1O. The fourth-order valence-corrected chi connectivity index (χ4v) is 4.68. The fraction of sp³-hybridized carbons (Fsp3) is 0.600. The zero-order chi connectivity index (χ0) is 19.1. The molecule has 2 saturated heterocycles. The molecule has 2 aromatic heterocycles. The van der Waals surface area contributed by atoms with E-state index < -0.39 is 36.6 Å². The number of hydrogen-bond donors (Lipinski definition) is 5. The van der Waals surface area contributed by atoms with Gasteiger partial charge in [-0.15, -0.1) is 0 Å². The van der Waals surface area contributed by atoms with Gasteiger partial charge in [-0.1, -0.05) is 0 Å². The molecule has 0 radical (unpaired) electrons. The van der Waals surface area contributed by atoms with Crippen molar-refractivity contribution in [3.8, 4) is 0 Å². The van der Waals surface area contributed by atoms with Crippen LogP contribution in [0.25, 0.3) is 11.2 Å². The molecule has 6 atom stereocenters. The molecule has 4 heterocycles. The highest BCUT2D eigenvalue weighted by Crippen LogP contribution is 2.34. The average molecular weight is 396 g/mol. The van der Waals surface area contributed by atoms with Crippen LogP contribution in [-0.4, -0.2) is 82.7 Å². The highest BCUT2D eigenvalue weighted by Gasteiger charge is 2.44. The number of fused-ring (bicyclic) bond motifs is 1. The lowest BCUT2D eigenvalue weighted by Gasteiger charge is -2.17. The standard InChI is InChI=1S/C15H20N6O5S/c16-12-9-13(19-4-18-12)21(5-20-9)14-11(23)10(22)8(26-14)3-27-6-1-7(15(24)25)17-2-6/h4-8,10-11,14,17,22-23H,1-3H2,(H,24,25)(H2,16,18,19)/t6-,7+,8-,10-,11-,14-/m1/s1. The second-order valence-electron chi connectivity index (χ2n) is 6.62. The number of thioether (sulfide) groups is 1. The Morgan fingerprint density at radius 1 is 1.37 bits per heavy atom. The zero-order valence-electron chi connectivity index (χ0n) is 14.2. The van der Waals surface area contributed by atoms with Gasteiger partial charge in [0.1, 0.15) is 30.1 Å². The van der Waals surface area contributed by atoms with Crippen LogP contribution in [0.4, 0.5) is 5.82 Å². The molecule has 6 N–H and O–H groups in total. The van der Waals surface area contributed by atoms with Crippen molar-refractivity contribution < 1.29 is 24.9 Å². The van der Waals surface area contributed by atoms with E-state index in [2.05, 4.69) is 20.3 Å². The third kappa shape index (κ3) is 3.34. The van der Waals surface area contributed by atoms with Crippen LogP contribution in [0.5, 0.6) is 0 Å². The second kappa shape index (κ2) is 7.20. The van der Waals surface area contributed by atoms with Crippen LogP contribution in [0.1, 0.15) is 12.6 Å². The van der Waals surface area contributed by atoms with Gasteiger partial charge < -0.3 is 31.1 Å². The van der Waals surface area contributed by atoms with E-state index in [-0.39, 0.29) is 11.1 Å². The maximum Gasteiger partial charge on any atom is 0.320 e. The zero-order valence-corrected chi connectivity index (χ0v) is 15.0. The number of aliphatic hydroxyl groups excluding tert-OH is 2. The number of imidazole rings is 1. The van der Waals surface area contributed by atoms with E-state index in [0.717, 1.165) is 0 Å². The number of nitrogen functional groups attached to an aromatic ring is 1. The fourth-order valence-electron chi connectivity index (χ4n) is 3.40. The summed E-state index contributed by atoms with van der Waals surface area (Å²) in [4.78, 5) is 23.2. The molecule has 0 unspecified atom stereocenters. The number of aromatic nitrogens is 4. The lowest BCUT2D eigenvalue weighted by Crippen LogP contribution is -2.33. The molecule has 2 aliphatic rings. The predicted octanol–water partition coefficient (Wildman–Crippen LogP) is -1.42. The minimum Gasteiger partial charge on any atom is -0.480 e. The quantitative estimate of drug-likeness (QED) is 0.402. The molecule has 0 aromatic carbocycles. The number of carboxylic acids is 1. The van der Waals surface area contributed by atoms with Crippen LogP contribution >= 0.6 is 11.8 Å². The Balaban J connectivity index is 1.43. The van der Waals surface area contributed by atoms with Gasteiger partial charge in [0, 0.05) is 17.5 Å². The maximum atomic E-state index is 11.0. The number of nitrogens with zero attached hydrogens (tertiary/aromatic N) is 4. The smallest absolute Gasteiger partial charge is 0.320 e. The van der Waals surface area contributed by atoms with E-state index in [0.29, 0.717) is 29.9 Å². The average Bonchev–Trinajstić information content (AvgIpc) is 3.34. The van der Waals surface area contributed by atoms with Gasteiger partial charge in [0.25, 0.3) is 0 Å². The van der Waals surface area contributed by atoms with Crippen LogP contribution in [0, 0.1) is 0 Å². The van der Waals surface area contributed by atoms with Crippen molar-refractivity contribution in [2.75, 3.05) is 18.0 Å². The van der Waals surface area contributed by atoms with E-state index >= 15 is 0 Å². The number of hydrogen-bond acceptors (Lipinski definition) is 10. The first-order chi connectivity index (χ1) is 13.0. The highest BCUT2D eigenvalue weighted by molar-refractivity contribution is 8.00.